The van der Waals surface area contributed by atoms with Crippen LogP contribution in [-0.4, -0.2) is 19.3 Å². The van der Waals surface area contributed by atoms with Gasteiger partial charge in [-0.25, -0.2) is 9.78 Å². The summed E-state index contributed by atoms with van der Waals surface area (Å²) in [6, 6.07) is 9.80. The van der Waals surface area contributed by atoms with E-state index in [1.54, 1.807) is 0 Å². The third-order valence-corrected chi connectivity index (χ3v) is 2.43. The van der Waals surface area contributed by atoms with E-state index < -0.39 is 0 Å². The molecule has 1 heterocycles. The van der Waals surface area contributed by atoms with Crippen LogP contribution in [0.1, 0.15) is 19.3 Å². The SMILES string of the molecule is c1ccc(OCCCC2CCOOO2)cc1. The molecule has 1 aliphatic rings. The van der Waals surface area contributed by atoms with Gasteiger partial charge in [-0.3, -0.25) is 0 Å². The molecule has 88 valence electrons. The summed E-state index contributed by atoms with van der Waals surface area (Å²) in [5.74, 6) is 0.909. The molecule has 0 amide bonds. The van der Waals surface area contributed by atoms with Crippen molar-refractivity contribution < 1.29 is 19.6 Å². The van der Waals surface area contributed by atoms with E-state index in [1.807, 2.05) is 30.3 Å². The van der Waals surface area contributed by atoms with E-state index in [2.05, 4.69) is 9.93 Å². The van der Waals surface area contributed by atoms with Crippen LogP contribution in [0.4, 0.5) is 0 Å². The lowest BCUT2D eigenvalue weighted by molar-refractivity contribution is -0.549. The van der Waals surface area contributed by atoms with Crippen LogP contribution in [0.5, 0.6) is 5.75 Å². The van der Waals surface area contributed by atoms with Crippen molar-refractivity contribution in [1.82, 2.24) is 0 Å². The summed E-state index contributed by atoms with van der Waals surface area (Å²) in [5.41, 5.74) is 0. The van der Waals surface area contributed by atoms with Crippen LogP contribution in [0.2, 0.25) is 0 Å². The zero-order valence-electron chi connectivity index (χ0n) is 9.13. The highest BCUT2D eigenvalue weighted by atomic mass is 17.5. The minimum absolute atomic E-state index is 0.133. The highest BCUT2D eigenvalue weighted by molar-refractivity contribution is 5.20. The molecule has 1 aromatic carbocycles. The van der Waals surface area contributed by atoms with Crippen molar-refractivity contribution in [3.63, 3.8) is 0 Å². The van der Waals surface area contributed by atoms with Crippen molar-refractivity contribution in [2.24, 2.45) is 0 Å². The molecule has 1 unspecified atom stereocenters. The Morgan fingerprint density at radius 1 is 1.25 bits per heavy atom. The molecule has 1 aliphatic heterocycles. The lowest BCUT2D eigenvalue weighted by Gasteiger charge is -2.19. The maximum Gasteiger partial charge on any atom is 0.119 e. The molecule has 4 nitrogen and oxygen atoms in total. The number of ether oxygens (including phenoxy) is 1. The Labute approximate surface area is 94.9 Å². The molecule has 0 aliphatic carbocycles. The Hall–Kier alpha value is -1.10. The minimum Gasteiger partial charge on any atom is -0.494 e. The molecular weight excluding hydrogens is 208 g/mol. The van der Waals surface area contributed by atoms with Gasteiger partial charge >= 0.3 is 0 Å². The Morgan fingerprint density at radius 2 is 2.12 bits per heavy atom. The molecule has 1 fully saturated rings. The van der Waals surface area contributed by atoms with Crippen molar-refractivity contribution >= 4 is 0 Å². The Balaban J connectivity index is 1.58. The zero-order valence-corrected chi connectivity index (χ0v) is 9.13. The number of benzene rings is 1. The molecule has 0 aromatic heterocycles. The largest absolute Gasteiger partial charge is 0.494 e. The second-order valence-electron chi connectivity index (χ2n) is 3.70. The standard InChI is InChI=1S/C12H16O4/c1-2-5-11(6-3-1)13-9-4-7-12-8-10-14-16-15-12/h1-3,5-6,12H,4,7-10H2. The molecule has 1 saturated heterocycles. The van der Waals surface area contributed by atoms with Gasteiger partial charge in [0, 0.05) is 6.42 Å². The summed E-state index contributed by atoms with van der Waals surface area (Å²) in [6.45, 7) is 1.30. The van der Waals surface area contributed by atoms with E-state index in [0.29, 0.717) is 13.2 Å². The second kappa shape index (κ2) is 6.48. The third kappa shape index (κ3) is 3.81. The van der Waals surface area contributed by atoms with Crippen LogP contribution in [0.3, 0.4) is 0 Å². The lowest BCUT2D eigenvalue weighted by Crippen LogP contribution is -2.22. The third-order valence-electron chi connectivity index (χ3n) is 2.43. The van der Waals surface area contributed by atoms with Crippen molar-refractivity contribution in [3.8, 4) is 5.75 Å². The van der Waals surface area contributed by atoms with Crippen LogP contribution >= 0.6 is 0 Å². The minimum atomic E-state index is 0.133. The van der Waals surface area contributed by atoms with E-state index in [1.165, 1.54) is 0 Å². The summed E-state index contributed by atoms with van der Waals surface area (Å²) >= 11 is 0. The van der Waals surface area contributed by atoms with Gasteiger partial charge in [-0.1, -0.05) is 23.2 Å². The van der Waals surface area contributed by atoms with Gasteiger partial charge in [-0.15, -0.1) is 0 Å². The fraction of sp³-hybridized carbons (Fsp3) is 0.500. The maximum absolute atomic E-state index is 5.57. The van der Waals surface area contributed by atoms with Gasteiger partial charge in [0.15, 0.2) is 0 Å². The fourth-order valence-electron chi connectivity index (χ4n) is 1.56. The van der Waals surface area contributed by atoms with Crippen molar-refractivity contribution in [2.45, 2.75) is 25.4 Å². The molecule has 0 N–H and O–H groups in total. The van der Waals surface area contributed by atoms with E-state index in [-0.39, 0.29) is 6.10 Å². The Bertz CT molecular complexity index is 282. The molecule has 0 bridgehead atoms. The van der Waals surface area contributed by atoms with Crippen molar-refractivity contribution in [3.05, 3.63) is 30.3 Å². The van der Waals surface area contributed by atoms with Gasteiger partial charge < -0.3 is 4.74 Å². The number of rotatable bonds is 5. The Morgan fingerprint density at radius 3 is 2.88 bits per heavy atom. The number of para-hydroxylation sites is 1. The molecule has 0 spiro atoms. The quantitative estimate of drug-likeness (QED) is 0.568. The zero-order chi connectivity index (χ0) is 11.1. The number of hydrogen-bond acceptors (Lipinski definition) is 4. The van der Waals surface area contributed by atoms with Crippen LogP contribution in [0.25, 0.3) is 0 Å². The van der Waals surface area contributed by atoms with E-state index in [0.717, 1.165) is 25.0 Å². The van der Waals surface area contributed by atoms with Gasteiger partial charge in [0.2, 0.25) is 0 Å². The van der Waals surface area contributed by atoms with Crippen LogP contribution < -0.4 is 4.74 Å². The first-order valence-corrected chi connectivity index (χ1v) is 5.58. The monoisotopic (exact) mass is 224 g/mol. The first kappa shape index (κ1) is 11.4. The van der Waals surface area contributed by atoms with Gasteiger partial charge in [-0.05, 0) is 25.0 Å². The lowest BCUT2D eigenvalue weighted by atomic mass is 10.1. The molecule has 2 rings (SSSR count). The normalized spacial score (nSPS) is 20.6. The topological polar surface area (TPSA) is 36.9 Å². The molecular formula is C12H16O4. The molecule has 4 heteroatoms. The van der Waals surface area contributed by atoms with Crippen molar-refractivity contribution in [2.75, 3.05) is 13.2 Å². The predicted octanol–water partition coefficient (Wildman–Crippen LogP) is 2.50. The summed E-state index contributed by atoms with van der Waals surface area (Å²) in [7, 11) is 0. The maximum atomic E-state index is 5.57. The van der Waals surface area contributed by atoms with Crippen molar-refractivity contribution in [1.29, 1.82) is 0 Å². The van der Waals surface area contributed by atoms with Crippen LogP contribution in [-0.2, 0) is 14.8 Å². The fourth-order valence-corrected chi connectivity index (χ4v) is 1.56. The highest BCUT2D eigenvalue weighted by Crippen LogP contribution is 2.14. The van der Waals surface area contributed by atoms with E-state index in [4.69, 9.17) is 9.62 Å². The summed E-state index contributed by atoms with van der Waals surface area (Å²) < 4.78 is 5.57. The highest BCUT2D eigenvalue weighted by Gasteiger charge is 2.15. The Kier molecular flexibility index (Phi) is 4.61. The average Bonchev–Trinajstić information content (AvgIpc) is 2.37. The summed E-state index contributed by atoms with van der Waals surface area (Å²) in [6.07, 6.45) is 2.89. The summed E-state index contributed by atoms with van der Waals surface area (Å²) in [5, 5.41) is 4.46. The second-order valence-corrected chi connectivity index (χ2v) is 3.70. The van der Waals surface area contributed by atoms with Crippen LogP contribution in [0.15, 0.2) is 30.3 Å². The average molecular weight is 224 g/mol. The van der Waals surface area contributed by atoms with Crippen LogP contribution in [0, 0.1) is 0 Å². The van der Waals surface area contributed by atoms with Gasteiger partial charge in [0.25, 0.3) is 0 Å². The predicted molar refractivity (Wildman–Crippen MR) is 57.7 cm³/mol. The smallest absolute Gasteiger partial charge is 0.119 e. The van der Waals surface area contributed by atoms with Gasteiger partial charge in [0.1, 0.15) is 5.75 Å². The van der Waals surface area contributed by atoms with E-state index in [9.17, 15) is 0 Å². The number of hydrogen-bond donors (Lipinski definition) is 0. The van der Waals surface area contributed by atoms with Gasteiger partial charge in [0.05, 0.1) is 19.3 Å². The molecule has 1 aromatic rings. The molecule has 0 radical (unpaired) electrons. The van der Waals surface area contributed by atoms with E-state index >= 15 is 0 Å². The molecule has 16 heavy (non-hydrogen) atoms. The molecule has 1 atom stereocenters. The van der Waals surface area contributed by atoms with Gasteiger partial charge in [-0.2, -0.15) is 0 Å². The summed E-state index contributed by atoms with van der Waals surface area (Å²) in [4.78, 5) is 9.57. The first-order valence-electron chi connectivity index (χ1n) is 5.58. The molecule has 0 saturated carbocycles. The first-order chi connectivity index (χ1) is 7.95.